The van der Waals surface area contributed by atoms with Crippen molar-refractivity contribution in [2.24, 2.45) is 46.3 Å². The number of benzene rings is 1. The summed E-state index contributed by atoms with van der Waals surface area (Å²) in [4.78, 5) is 37.8. The van der Waals surface area contributed by atoms with Crippen LogP contribution in [0.5, 0.6) is 11.5 Å². The molecule has 9 nitrogen and oxygen atoms in total. The number of aromatic hydroxyl groups is 2. The van der Waals surface area contributed by atoms with E-state index < -0.39 is 28.5 Å². The number of carbonyl (C=O) groups is 3. The minimum absolute atomic E-state index is 0.0475. The van der Waals surface area contributed by atoms with E-state index in [-0.39, 0.29) is 79.2 Å². The van der Waals surface area contributed by atoms with Crippen molar-refractivity contribution in [2.75, 3.05) is 13.2 Å². The van der Waals surface area contributed by atoms with E-state index in [1.54, 1.807) is 13.0 Å². The highest BCUT2D eigenvalue weighted by Gasteiger charge is 2.57. The van der Waals surface area contributed by atoms with Gasteiger partial charge in [-0.2, -0.15) is 0 Å². The molecular weight excluding hydrogens is 624 g/mol. The van der Waals surface area contributed by atoms with Crippen molar-refractivity contribution >= 4 is 17.5 Å². The Morgan fingerprint density at radius 3 is 2.20 bits per heavy atom. The van der Waals surface area contributed by atoms with Crippen LogP contribution < -0.4 is 0 Å². The van der Waals surface area contributed by atoms with Crippen molar-refractivity contribution in [3.8, 4) is 11.5 Å². The first-order valence-electron chi connectivity index (χ1n) is 18.1. The Morgan fingerprint density at radius 1 is 0.898 bits per heavy atom. The minimum atomic E-state index is -1.24. The maximum absolute atomic E-state index is 13.2. The van der Waals surface area contributed by atoms with Crippen LogP contribution in [-0.4, -0.2) is 68.0 Å². The Labute approximate surface area is 291 Å². The second-order valence-electron chi connectivity index (χ2n) is 15.9. The molecule has 0 spiro atoms. The number of fused-ring (bicyclic) bond motifs is 2. The minimum Gasteiger partial charge on any atom is -0.504 e. The van der Waals surface area contributed by atoms with Crippen LogP contribution in [0.4, 0.5) is 0 Å². The van der Waals surface area contributed by atoms with E-state index in [0.717, 1.165) is 44.1 Å². The van der Waals surface area contributed by atoms with Crippen LogP contribution in [0, 0.1) is 46.3 Å². The first kappa shape index (κ1) is 38.8. The van der Waals surface area contributed by atoms with E-state index >= 15 is 0 Å². The van der Waals surface area contributed by atoms with E-state index in [2.05, 4.69) is 19.9 Å². The lowest BCUT2D eigenvalue weighted by Crippen LogP contribution is -2.57. The molecule has 0 radical (unpaired) electrons. The standard InChI is InChI=1S/C24H32O6.C16H26O3/c1-15-4-6-18-17(12-15)8-10-23(2,29)24(18,3)21(27)9-11-30-22(28)14-16-5-7-19(25)20(26)13-16;1-10-4-5-13-12(8-10)14(18)9-11(2)16(13,3)15(19)6-7-17/h5,7-8,10,13,15,17-18,25-26,29H,4,6,9,11-12,14H2,1-3H3;9-10,12-14,17-18H,4-8H2,1-3H3/t15-,17-,18-,23+,24-;10-,12-,13-,14-,16-/m00/s1. The summed E-state index contributed by atoms with van der Waals surface area (Å²) in [6.45, 7) is 11.8. The molecule has 0 saturated heterocycles. The number of ketones is 2. The molecule has 4 aliphatic carbocycles. The quantitative estimate of drug-likeness (QED) is 0.122. The maximum Gasteiger partial charge on any atom is 0.310 e. The third-order valence-corrected chi connectivity index (χ3v) is 12.7. The second-order valence-corrected chi connectivity index (χ2v) is 15.9. The first-order valence-corrected chi connectivity index (χ1v) is 18.1. The molecule has 1 aromatic rings. The number of phenolic OH excluding ortho intramolecular Hbond substituents is 2. The van der Waals surface area contributed by atoms with E-state index in [9.17, 15) is 34.8 Å². The van der Waals surface area contributed by atoms with Crippen molar-refractivity contribution in [1.29, 1.82) is 0 Å². The van der Waals surface area contributed by atoms with Gasteiger partial charge < -0.3 is 30.3 Å². The normalized spacial score (nSPS) is 36.7. The maximum atomic E-state index is 13.2. The molecule has 0 unspecified atom stereocenters. The highest BCUT2D eigenvalue weighted by atomic mass is 16.5. The lowest BCUT2D eigenvalue weighted by molar-refractivity contribution is -0.155. The number of aliphatic hydroxyl groups is 3. The molecule has 272 valence electrons. The van der Waals surface area contributed by atoms with Gasteiger partial charge in [0.1, 0.15) is 11.6 Å². The van der Waals surface area contributed by atoms with Gasteiger partial charge in [0.2, 0.25) is 0 Å². The zero-order valence-electron chi connectivity index (χ0n) is 30.2. The third kappa shape index (κ3) is 7.99. The van der Waals surface area contributed by atoms with Crippen LogP contribution in [0.3, 0.4) is 0 Å². The fraction of sp³-hybridized carbons (Fsp3) is 0.675. The first-order chi connectivity index (χ1) is 22.9. The summed E-state index contributed by atoms with van der Waals surface area (Å²) >= 11 is 0. The number of allylic oxidation sites excluding steroid dienone is 2. The molecule has 2 saturated carbocycles. The van der Waals surface area contributed by atoms with Crippen molar-refractivity contribution in [3.05, 3.63) is 47.6 Å². The predicted octanol–water partition coefficient (Wildman–Crippen LogP) is 5.84. The number of ether oxygens (including phenoxy) is 1. The molecule has 0 aromatic heterocycles. The Hall–Kier alpha value is -3.01. The van der Waals surface area contributed by atoms with Crippen LogP contribution in [0.2, 0.25) is 0 Å². The number of Topliss-reactive ketones (excluding diaryl/α,β-unsaturated/α-hetero) is 2. The van der Waals surface area contributed by atoms with E-state index in [0.29, 0.717) is 17.4 Å². The van der Waals surface area contributed by atoms with Gasteiger partial charge in [0.25, 0.3) is 0 Å². The third-order valence-electron chi connectivity index (χ3n) is 12.7. The number of carbonyl (C=O) groups excluding carboxylic acids is 3. The summed E-state index contributed by atoms with van der Waals surface area (Å²) in [6, 6.07) is 4.14. The zero-order valence-corrected chi connectivity index (χ0v) is 30.2. The molecule has 1 aromatic carbocycles. The summed E-state index contributed by atoms with van der Waals surface area (Å²) < 4.78 is 5.24. The van der Waals surface area contributed by atoms with Gasteiger partial charge in [-0.05, 0) is 107 Å². The van der Waals surface area contributed by atoms with Gasteiger partial charge >= 0.3 is 5.97 Å². The second kappa shape index (κ2) is 15.5. The monoisotopic (exact) mass is 682 g/mol. The smallest absolute Gasteiger partial charge is 0.310 e. The number of phenols is 2. The van der Waals surface area contributed by atoms with Crippen molar-refractivity contribution < 1.29 is 44.7 Å². The fourth-order valence-corrected chi connectivity index (χ4v) is 9.27. The molecule has 0 bridgehead atoms. The number of rotatable bonds is 9. The average molecular weight is 683 g/mol. The molecule has 5 rings (SSSR count). The van der Waals surface area contributed by atoms with Gasteiger partial charge in [0.15, 0.2) is 11.5 Å². The van der Waals surface area contributed by atoms with Gasteiger partial charge in [-0.1, -0.05) is 56.6 Å². The SMILES string of the molecule is CC1=C[C@H](O)[C@H]2C[C@@H](C)CC[C@@H]2[C@@]1(C)C(=O)CCO.C[C@H]1CC[C@H]2[C@@H](C=C[C@@](C)(O)[C@]2(C)C(=O)CCOC(=O)Cc2ccc(O)c(O)c2)C1. The number of hydrogen-bond donors (Lipinski definition) is 5. The fourth-order valence-electron chi connectivity index (χ4n) is 9.27. The van der Waals surface area contributed by atoms with Gasteiger partial charge in [0.05, 0.1) is 35.6 Å². The van der Waals surface area contributed by atoms with Crippen molar-refractivity contribution in [2.45, 2.75) is 111 Å². The molecule has 9 heteroatoms. The largest absolute Gasteiger partial charge is 0.504 e. The molecule has 5 N–H and O–H groups in total. The van der Waals surface area contributed by atoms with Crippen LogP contribution >= 0.6 is 0 Å². The molecule has 0 amide bonds. The molecule has 0 aliphatic heterocycles. The topological polar surface area (TPSA) is 162 Å². The Kier molecular flexibility index (Phi) is 12.3. The predicted molar refractivity (Wildman–Crippen MR) is 186 cm³/mol. The van der Waals surface area contributed by atoms with E-state index in [1.165, 1.54) is 18.2 Å². The van der Waals surface area contributed by atoms with Crippen LogP contribution in [-0.2, 0) is 25.5 Å². The zero-order chi connectivity index (χ0) is 36.3. The Bertz CT molecular complexity index is 1430. The molecular formula is C40H58O9. The number of hydrogen-bond acceptors (Lipinski definition) is 9. The Balaban J connectivity index is 0.000000244. The van der Waals surface area contributed by atoms with Crippen LogP contribution in [0.1, 0.15) is 98.5 Å². The lowest BCUT2D eigenvalue weighted by Gasteiger charge is -2.53. The summed E-state index contributed by atoms with van der Waals surface area (Å²) in [5.74, 6) is 0.988. The van der Waals surface area contributed by atoms with Gasteiger partial charge in [-0.3, -0.25) is 14.4 Å². The van der Waals surface area contributed by atoms with Gasteiger partial charge in [-0.25, -0.2) is 0 Å². The summed E-state index contributed by atoms with van der Waals surface area (Å²) in [5, 5.41) is 49.3. The van der Waals surface area contributed by atoms with Gasteiger partial charge in [-0.15, -0.1) is 0 Å². The average Bonchev–Trinajstić information content (AvgIpc) is 3.04. The molecule has 49 heavy (non-hydrogen) atoms. The highest BCUT2D eigenvalue weighted by molar-refractivity contribution is 5.88. The van der Waals surface area contributed by atoms with E-state index in [1.807, 2.05) is 26.8 Å². The lowest BCUT2D eigenvalue weighted by atomic mass is 9.52. The highest BCUT2D eigenvalue weighted by Crippen LogP contribution is 2.55. The molecule has 10 atom stereocenters. The Morgan fingerprint density at radius 2 is 1.55 bits per heavy atom. The summed E-state index contributed by atoms with van der Waals surface area (Å²) in [7, 11) is 0. The van der Waals surface area contributed by atoms with Crippen LogP contribution in [0.15, 0.2) is 42.0 Å². The summed E-state index contributed by atoms with van der Waals surface area (Å²) in [6.07, 6.45) is 11.6. The molecule has 0 heterocycles. The molecule has 4 aliphatic rings. The number of aliphatic hydroxyl groups excluding tert-OH is 2. The molecule has 2 fully saturated rings. The van der Waals surface area contributed by atoms with E-state index in [4.69, 9.17) is 9.84 Å². The number of esters is 1. The van der Waals surface area contributed by atoms with Crippen molar-refractivity contribution in [1.82, 2.24) is 0 Å². The van der Waals surface area contributed by atoms with Crippen molar-refractivity contribution in [3.63, 3.8) is 0 Å². The van der Waals surface area contributed by atoms with Gasteiger partial charge in [0, 0.05) is 19.4 Å². The van der Waals surface area contributed by atoms with Crippen LogP contribution in [0.25, 0.3) is 0 Å². The summed E-state index contributed by atoms with van der Waals surface area (Å²) in [5.41, 5.74) is -1.16.